The molecule has 0 bridgehead atoms. The lowest BCUT2D eigenvalue weighted by Gasteiger charge is -1.96. The summed E-state index contributed by atoms with van der Waals surface area (Å²) in [7, 11) is 0. The monoisotopic (exact) mass is 134 g/mol. The van der Waals surface area contributed by atoms with Crippen molar-refractivity contribution in [3.05, 3.63) is 0 Å². The van der Waals surface area contributed by atoms with Gasteiger partial charge in [0.1, 0.15) is 0 Å². The van der Waals surface area contributed by atoms with Crippen LogP contribution in [0, 0.1) is 0 Å². The summed E-state index contributed by atoms with van der Waals surface area (Å²) in [5.41, 5.74) is 0. The van der Waals surface area contributed by atoms with E-state index in [4.69, 9.17) is 19.7 Å². The van der Waals surface area contributed by atoms with Crippen LogP contribution in [0.1, 0.15) is 13.8 Å². The van der Waals surface area contributed by atoms with E-state index in [9.17, 15) is 0 Å². The first-order valence-corrected chi connectivity index (χ1v) is 2.60. The van der Waals surface area contributed by atoms with Crippen molar-refractivity contribution in [2.45, 2.75) is 13.8 Å². The highest BCUT2D eigenvalue weighted by atomic mass is 16.6. The molecule has 0 heterocycles. The molecule has 0 rings (SSSR count). The molecule has 0 spiro atoms. The molecule has 0 N–H and O–H groups in total. The van der Waals surface area contributed by atoms with Crippen molar-refractivity contribution in [3.8, 4) is 0 Å². The third-order valence-corrected chi connectivity index (χ3v) is 0.408. The first-order valence-electron chi connectivity index (χ1n) is 2.60. The van der Waals surface area contributed by atoms with Crippen LogP contribution in [0.25, 0.3) is 0 Å². The minimum Gasteiger partial charge on any atom is -0.652 e. The van der Waals surface area contributed by atoms with Gasteiger partial charge in [-0.1, -0.05) is 0 Å². The second-order valence-corrected chi connectivity index (χ2v) is 1.03. The molecule has 0 aliphatic heterocycles. The molecule has 0 radical (unpaired) electrons. The lowest BCUT2D eigenvalue weighted by Crippen LogP contribution is -2.37. The van der Waals surface area contributed by atoms with E-state index >= 15 is 0 Å². The van der Waals surface area contributed by atoms with Crippen LogP contribution in [-0.4, -0.2) is 19.4 Å². The smallest absolute Gasteiger partial charge is 0.0437 e. The van der Waals surface area contributed by atoms with Crippen LogP contribution >= 0.6 is 0 Å². The van der Waals surface area contributed by atoms with Crippen molar-refractivity contribution in [3.63, 3.8) is 0 Å². The van der Waals surface area contributed by atoms with Crippen LogP contribution in [0.4, 0.5) is 4.79 Å². The molecule has 0 aliphatic rings. The summed E-state index contributed by atoms with van der Waals surface area (Å²) in [6.07, 6.45) is -2.33. The predicted octanol–water partition coefficient (Wildman–Crippen LogP) is -1.40. The Bertz CT molecular complexity index is 56.0. The van der Waals surface area contributed by atoms with Gasteiger partial charge in [-0.15, -0.1) is 0 Å². The van der Waals surface area contributed by atoms with E-state index in [0.717, 1.165) is 13.2 Å². The van der Waals surface area contributed by atoms with Crippen LogP contribution in [0.3, 0.4) is 0 Å². The van der Waals surface area contributed by atoms with Crippen molar-refractivity contribution in [2.24, 2.45) is 0 Å². The number of carboxylic acid groups (broad SMARTS) is 2. The summed E-state index contributed by atoms with van der Waals surface area (Å²) in [5, 5.41) is 16.7. The number of carbonyl (C=O) groups is 1. The minimum atomic E-state index is -2.33. The van der Waals surface area contributed by atoms with E-state index in [1.807, 2.05) is 13.8 Å². The molecule has 4 nitrogen and oxygen atoms in total. The van der Waals surface area contributed by atoms with E-state index in [-0.39, 0.29) is 0 Å². The molecule has 4 heteroatoms. The van der Waals surface area contributed by atoms with Gasteiger partial charge in [-0.05, 0) is 20.0 Å². The van der Waals surface area contributed by atoms with Crippen molar-refractivity contribution >= 4 is 6.16 Å². The molecule has 0 unspecified atom stereocenters. The van der Waals surface area contributed by atoms with Crippen molar-refractivity contribution in [2.75, 3.05) is 13.2 Å². The zero-order valence-electron chi connectivity index (χ0n) is 5.55. The Morgan fingerprint density at radius 2 is 1.56 bits per heavy atom. The summed E-state index contributed by atoms with van der Waals surface area (Å²) in [6.45, 7) is 5.67. The van der Waals surface area contributed by atoms with Crippen molar-refractivity contribution in [1.29, 1.82) is 0 Å². The maximum absolute atomic E-state index is 8.33. The van der Waals surface area contributed by atoms with Crippen LogP contribution in [-0.2, 0) is 4.74 Å². The molecule has 0 atom stereocenters. The van der Waals surface area contributed by atoms with E-state index in [1.165, 1.54) is 0 Å². The van der Waals surface area contributed by atoms with Crippen LogP contribution < -0.4 is 10.2 Å². The van der Waals surface area contributed by atoms with E-state index < -0.39 is 6.16 Å². The minimum absolute atomic E-state index is 0.844. The first kappa shape index (κ1) is 11.1. The van der Waals surface area contributed by atoms with Gasteiger partial charge in [-0.3, -0.25) is 0 Å². The van der Waals surface area contributed by atoms with Crippen LogP contribution in [0.15, 0.2) is 0 Å². The Balaban J connectivity index is 0. The molecule has 0 aromatic rings. The van der Waals surface area contributed by atoms with Gasteiger partial charge in [0.2, 0.25) is 0 Å². The summed E-state index contributed by atoms with van der Waals surface area (Å²) in [5.74, 6) is 0. The molecule has 0 saturated heterocycles. The highest BCUT2D eigenvalue weighted by Crippen LogP contribution is 1.64. The van der Waals surface area contributed by atoms with Crippen molar-refractivity contribution in [1.82, 2.24) is 0 Å². The van der Waals surface area contributed by atoms with Gasteiger partial charge in [0, 0.05) is 13.2 Å². The summed E-state index contributed by atoms with van der Waals surface area (Å²) in [6, 6.07) is 0. The molecule has 0 fully saturated rings. The van der Waals surface area contributed by atoms with E-state index in [2.05, 4.69) is 0 Å². The first-order chi connectivity index (χ1) is 4.15. The van der Waals surface area contributed by atoms with Gasteiger partial charge in [0.25, 0.3) is 0 Å². The fourth-order valence-electron chi connectivity index (χ4n) is 0.204. The van der Waals surface area contributed by atoms with E-state index in [1.54, 1.807) is 0 Å². The molecule has 0 aliphatic carbocycles. The molecular weight excluding hydrogens is 124 g/mol. The average molecular weight is 134 g/mol. The number of ether oxygens (including phenoxy) is 1. The Hall–Kier alpha value is -0.770. The zero-order valence-corrected chi connectivity index (χ0v) is 5.55. The average Bonchev–Trinajstić information content (AvgIpc) is 1.66. The summed E-state index contributed by atoms with van der Waals surface area (Å²) >= 11 is 0. The fourth-order valence-corrected chi connectivity index (χ4v) is 0.204. The Labute approximate surface area is 54.1 Å². The molecule has 0 saturated carbocycles. The third-order valence-electron chi connectivity index (χ3n) is 0.408. The molecule has 0 aromatic heterocycles. The topological polar surface area (TPSA) is 72.4 Å². The highest BCUT2D eigenvalue weighted by Gasteiger charge is 1.64. The largest absolute Gasteiger partial charge is 0.652 e. The van der Waals surface area contributed by atoms with Gasteiger partial charge in [0.05, 0.1) is 0 Å². The van der Waals surface area contributed by atoms with Crippen LogP contribution in [0.5, 0.6) is 0 Å². The molecule has 9 heavy (non-hydrogen) atoms. The maximum Gasteiger partial charge on any atom is 0.0437 e. The van der Waals surface area contributed by atoms with Gasteiger partial charge in [0.15, 0.2) is 0 Å². The number of hydrogen-bond acceptors (Lipinski definition) is 4. The lowest BCUT2D eigenvalue weighted by atomic mass is 10.8. The highest BCUT2D eigenvalue weighted by molar-refractivity contribution is 5.47. The SMILES string of the molecule is CCOCC.O=C([O-])[O-]. The van der Waals surface area contributed by atoms with Gasteiger partial charge in [-0.2, -0.15) is 0 Å². The normalized spacial score (nSPS) is 7.33. The van der Waals surface area contributed by atoms with Gasteiger partial charge >= 0.3 is 0 Å². The second-order valence-electron chi connectivity index (χ2n) is 1.03. The quantitative estimate of drug-likeness (QED) is 0.465. The van der Waals surface area contributed by atoms with Gasteiger partial charge in [-0.25, -0.2) is 0 Å². The standard InChI is InChI=1S/C4H10O.CH2O3/c1-3-5-4-2;2-1(3)4/h3-4H2,1-2H3;(H2,2,3,4)/p-2. The third kappa shape index (κ3) is 131. The summed E-state index contributed by atoms with van der Waals surface area (Å²) < 4.78 is 4.83. The summed E-state index contributed by atoms with van der Waals surface area (Å²) in [4.78, 5) is 8.33. The molecule has 0 aromatic carbocycles. The Kier molecular flexibility index (Phi) is 12.6. The van der Waals surface area contributed by atoms with Crippen LogP contribution in [0.2, 0.25) is 0 Å². The fraction of sp³-hybridized carbons (Fsp3) is 0.800. The lowest BCUT2D eigenvalue weighted by molar-refractivity contribution is -0.415. The van der Waals surface area contributed by atoms with Gasteiger partial charge < -0.3 is 19.7 Å². The number of hydrogen-bond donors (Lipinski definition) is 0. The zero-order chi connectivity index (χ0) is 7.70. The van der Waals surface area contributed by atoms with Crippen molar-refractivity contribution < 1.29 is 19.7 Å². The number of carbonyl (C=O) groups excluding carboxylic acids is 1. The molecule has 56 valence electrons. The molecular formula is C5H10O4-2. The Morgan fingerprint density at radius 3 is 1.56 bits per heavy atom. The number of rotatable bonds is 2. The second kappa shape index (κ2) is 10.3. The predicted molar refractivity (Wildman–Crippen MR) is 27.6 cm³/mol. The Morgan fingerprint density at radius 1 is 1.33 bits per heavy atom. The molecule has 0 amide bonds. The maximum atomic E-state index is 8.33. The van der Waals surface area contributed by atoms with E-state index in [0.29, 0.717) is 0 Å².